The predicted octanol–water partition coefficient (Wildman–Crippen LogP) is 8.51. The standard InChI is InChI=1S/C39H36O6/c1-4-24-10-8-12-32(36-19-26-13-15-28(40)21-33(26)38(42)44-36)31(24)11-7-9-23-17-25(5-2)30(6-3)35(18-23)37-20-27-14-16-29(41)22-34(27)39(43)45-37/h8,10,12-22,40-41H,4-7,9,11H2,1-3H3. The number of phenols is 2. The van der Waals surface area contributed by atoms with Crippen molar-refractivity contribution >= 4 is 21.5 Å². The SMILES string of the molecule is CCc1cc(CCCc2c(CC)cccc2-c2cc3ccc(O)cc3c(=O)o2)cc(-c2cc3ccc(O)cc3c(=O)o2)c1CC. The van der Waals surface area contributed by atoms with Gasteiger partial charge in [0.15, 0.2) is 0 Å². The summed E-state index contributed by atoms with van der Waals surface area (Å²) in [4.78, 5) is 25.7. The van der Waals surface area contributed by atoms with E-state index < -0.39 is 11.3 Å². The second-order valence-electron chi connectivity index (χ2n) is 11.5. The highest BCUT2D eigenvalue weighted by Gasteiger charge is 2.17. The van der Waals surface area contributed by atoms with Crippen molar-refractivity contribution in [3.63, 3.8) is 0 Å². The summed E-state index contributed by atoms with van der Waals surface area (Å²) in [5, 5.41) is 21.9. The highest BCUT2D eigenvalue weighted by molar-refractivity contribution is 5.87. The number of hydrogen-bond acceptors (Lipinski definition) is 6. The second kappa shape index (κ2) is 12.5. The maximum Gasteiger partial charge on any atom is 0.344 e. The average molecular weight is 601 g/mol. The van der Waals surface area contributed by atoms with Crippen molar-refractivity contribution in [3.8, 4) is 34.1 Å². The van der Waals surface area contributed by atoms with E-state index in [4.69, 9.17) is 8.83 Å². The first-order chi connectivity index (χ1) is 21.8. The van der Waals surface area contributed by atoms with Crippen molar-refractivity contribution in [2.24, 2.45) is 0 Å². The summed E-state index contributed by atoms with van der Waals surface area (Å²) < 4.78 is 11.6. The lowest BCUT2D eigenvalue weighted by Gasteiger charge is -2.17. The summed E-state index contributed by atoms with van der Waals surface area (Å²) in [7, 11) is 0. The molecule has 4 aromatic carbocycles. The number of rotatable bonds is 9. The van der Waals surface area contributed by atoms with E-state index in [9.17, 15) is 19.8 Å². The quantitative estimate of drug-likeness (QED) is 0.173. The summed E-state index contributed by atoms with van der Waals surface area (Å²) in [6.45, 7) is 6.39. The normalized spacial score (nSPS) is 11.4. The first-order valence-corrected chi connectivity index (χ1v) is 15.6. The van der Waals surface area contributed by atoms with E-state index in [2.05, 4.69) is 39.0 Å². The third-order valence-electron chi connectivity index (χ3n) is 8.71. The van der Waals surface area contributed by atoms with E-state index in [1.165, 1.54) is 34.4 Å². The lowest BCUT2D eigenvalue weighted by molar-refractivity contribution is 0.475. The number of aryl methyl sites for hydroxylation is 3. The fourth-order valence-electron chi connectivity index (χ4n) is 6.47. The van der Waals surface area contributed by atoms with Crippen LogP contribution in [0.3, 0.4) is 0 Å². The van der Waals surface area contributed by atoms with Gasteiger partial charge in [-0.3, -0.25) is 0 Å². The zero-order valence-electron chi connectivity index (χ0n) is 25.8. The van der Waals surface area contributed by atoms with E-state index in [0.717, 1.165) is 66.0 Å². The van der Waals surface area contributed by atoms with Crippen LogP contribution in [0.1, 0.15) is 55.0 Å². The average Bonchev–Trinajstić information content (AvgIpc) is 3.04. The Hall–Kier alpha value is -5.10. The van der Waals surface area contributed by atoms with Crippen LogP contribution in [-0.4, -0.2) is 10.2 Å². The van der Waals surface area contributed by atoms with Gasteiger partial charge in [0.1, 0.15) is 23.0 Å². The summed E-state index contributed by atoms with van der Waals surface area (Å²) in [6.07, 6.45) is 4.98. The van der Waals surface area contributed by atoms with Gasteiger partial charge in [0.25, 0.3) is 0 Å². The van der Waals surface area contributed by atoms with E-state index in [1.807, 2.05) is 24.3 Å². The van der Waals surface area contributed by atoms with Crippen LogP contribution in [0, 0.1) is 0 Å². The van der Waals surface area contributed by atoms with E-state index in [0.29, 0.717) is 22.3 Å². The van der Waals surface area contributed by atoms with Crippen LogP contribution in [0.2, 0.25) is 0 Å². The Kier molecular flexibility index (Phi) is 8.31. The summed E-state index contributed by atoms with van der Waals surface area (Å²) in [6, 6.07) is 23.8. The maximum absolute atomic E-state index is 12.9. The zero-order chi connectivity index (χ0) is 31.7. The fraction of sp³-hybridized carbons (Fsp3) is 0.231. The van der Waals surface area contributed by atoms with Gasteiger partial charge in [0.05, 0.1) is 10.8 Å². The number of benzene rings is 4. The van der Waals surface area contributed by atoms with E-state index >= 15 is 0 Å². The molecule has 0 spiro atoms. The second-order valence-corrected chi connectivity index (χ2v) is 11.5. The molecule has 45 heavy (non-hydrogen) atoms. The molecule has 228 valence electrons. The maximum atomic E-state index is 12.9. The molecule has 6 nitrogen and oxygen atoms in total. The Bertz CT molecular complexity index is 2170. The van der Waals surface area contributed by atoms with Gasteiger partial charge in [0.2, 0.25) is 0 Å². The smallest absolute Gasteiger partial charge is 0.344 e. The van der Waals surface area contributed by atoms with Gasteiger partial charge in [0, 0.05) is 11.1 Å². The largest absolute Gasteiger partial charge is 0.508 e. The van der Waals surface area contributed by atoms with Gasteiger partial charge in [-0.25, -0.2) is 9.59 Å². The Labute approximate surface area is 261 Å². The predicted molar refractivity (Wildman–Crippen MR) is 179 cm³/mol. The highest BCUT2D eigenvalue weighted by atomic mass is 16.4. The molecule has 2 N–H and O–H groups in total. The number of aromatic hydroxyl groups is 2. The Morgan fingerprint density at radius 1 is 0.578 bits per heavy atom. The lowest BCUT2D eigenvalue weighted by Crippen LogP contribution is -2.04. The van der Waals surface area contributed by atoms with Crippen LogP contribution in [-0.2, 0) is 32.1 Å². The van der Waals surface area contributed by atoms with Crippen molar-refractivity contribution in [1.29, 1.82) is 0 Å². The minimum absolute atomic E-state index is 0.0284. The molecule has 0 aliphatic heterocycles. The van der Waals surface area contributed by atoms with Crippen molar-refractivity contribution in [1.82, 2.24) is 0 Å². The summed E-state index contributed by atoms with van der Waals surface area (Å²) in [5.74, 6) is 1.11. The molecule has 6 heteroatoms. The summed E-state index contributed by atoms with van der Waals surface area (Å²) in [5.41, 5.74) is 6.83. The van der Waals surface area contributed by atoms with Crippen molar-refractivity contribution < 1.29 is 19.0 Å². The van der Waals surface area contributed by atoms with E-state index in [1.54, 1.807) is 24.3 Å². The number of fused-ring (bicyclic) bond motifs is 2. The van der Waals surface area contributed by atoms with Gasteiger partial charge in [-0.15, -0.1) is 0 Å². The van der Waals surface area contributed by atoms with E-state index in [-0.39, 0.29) is 11.5 Å². The van der Waals surface area contributed by atoms with Crippen molar-refractivity contribution in [2.75, 3.05) is 0 Å². The summed E-state index contributed by atoms with van der Waals surface area (Å²) >= 11 is 0. The van der Waals surface area contributed by atoms with Crippen LogP contribution >= 0.6 is 0 Å². The molecule has 0 saturated carbocycles. The molecule has 2 heterocycles. The Balaban J connectivity index is 1.34. The third kappa shape index (κ3) is 5.88. The van der Waals surface area contributed by atoms with Crippen LogP contribution < -0.4 is 11.3 Å². The monoisotopic (exact) mass is 600 g/mol. The van der Waals surface area contributed by atoms with Gasteiger partial charge in [-0.1, -0.05) is 57.2 Å². The zero-order valence-corrected chi connectivity index (χ0v) is 25.8. The molecule has 0 amide bonds. The molecule has 6 rings (SSSR count). The van der Waals surface area contributed by atoms with Gasteiger partial charge in [-0.05, 0) is 120 Å². The lowest BCUT2D eigenvalue weighted by atomic mass is 9.89. The van der Waals surface area contributed by atoms with Crippen LogP contribution in [0.4, 0.5) is 0 Å². The first kappa shape index (κ1) is 29.9. The molecule has 0 fully saturated rings. The minimum atomic E-state index is -0.473. The van der Waals surface area contributed by atoms with Crippen LogP contribution in [0.25, 0.3) is 44.2 Å². The topological polar surface area (TPSA) is 101 Å². The van der Waals surface area contributed by atoms with Crippen molar-refractivity contribution in [3.05, 3.63) is 128 Å². The Morgan fingerprint density at radius 2 is 1.18 bits per heavy atom. The van der Waals surface area contributed by atoms with Crippen LogP contribution in [0.15, 0.2) is 97.3 Å². The first-order valence-electron chi connectivity index (χ1n) is 15.6. The molecule has 0 saturated heterocycles. The minimum Gasteiger partial charge on any atom is -0.508 e. The molecule has 0 aliphatic rings. The Morgan fingerprint density at radius 3 is 1.76 bits per heavy atom. The molecule has 2 aromatic heterocycles. The molecule has 6 aromatic rings. The molecule has 0 unspecified atom stereocenters. The van der Waals surface area contributed by atoms with Gasteiger partial charge < -0.3 is 19.0 Å². The molecule has 0 radical (unpaired) electrons. The van der Waals surface area contributed by atoms with Gasteiger partial charge in [-0.2, -0.15) is 0 Å². The van der Waals surface area contributed by atoms with Crippen molar-refractivity contribution in [2.45, 2.75) is 59.3 Å². The molecule has 0 atom stereocenters. The number of phenolic OH excluding ortho intramolecular Hbond substituents is 2. The highest BCUT2D eigenvalue weighted by Crippen LogP contribution is 2.33. The molecular formula is C39H36O6. The molecule has 0 bridgehead atoms. The molecule has 0 aliphatic carbocycles. The molecular weight excluding hydrogens is 564 g/mol. The third-order valence-corrected chi connectivity index (χ3v) is 8.71. The number of hydrogen-bond donors (Lipinski definition) is 2. The fourth-order valence-corrected chi connectivity index (χ4v) is 6.47. The van der Waals surface area contributed by atoms with Gasteiger partial charge >= 0.3 is 11.3 Å². The van der Waals surface area contributed by atoms with Crippen LogP contribution in [0.5, 0.6) is 11.5 Å².